The van der Waals surface area contributed by atoms with Crippen molar-refractivity contribution in [1.29, 1.82) is 0 Å². The summed E-state index contributed by atoms with van der Waals surface area (Å²) in [6.07, 6.45) is 4.86. The first-order chi connectivity index (χ1) is 10.8. The van der Waals surface area contributed by atoms with Crippen molar-refractivity contribution in [3.63, 3.8) is 0 Å². The maximum absolute atomic E-state index is 11.1. The molecule has 0 spiro atoms. The van der Waals surface area contributed by atoms with Gasteiger partial charge in [0.1, 0.15) is 0 Å². The van der Waals surface area contributed by atoms with Crippen LogP contribution in [0.5, 0.6) is 0 Å². The topological polar surface area (TPSA) is 79.5 Å². The van der Waals surface area contributed by atoms with Crippen LogP contribution >= 0.6 is 0 Å². The van der Waals surface area contributed by atoms with E-state index in [2.05, 4.69) is 31.8 Å². The highest BCUT2D eigenvalue weighted by Gasteiger charge is 2.24. The van der Waals surface area contributed by atoms with E-state index in [1.807, 2.05) is 12.3 Å². The third-order valence-corrected chi connectivity index (χ3v) is 4.70. The van der Waals surface area contributed by atoms with Crippen LogP contribution in [0.25, 0.3) is 0 Å². The summed E-state index contributed by atoms with van der Waals surface area (Å²) in [7, 11) is 0. The standard InChI is InChI=1S/C18H29N3O2/c1-18(2,3)14-8-9-20-16(11-14)15(19)7-6-13-5-4-10-21(12-13)17(22)23/h8-9,11,13,15H,4-7,10,12,19H2,1-3H3,(H,22,23)/t13-,15?/m1/s1. The van der Waals surface area contributed by atoms with Gasteiger partial charge < -0.3 is 15.7 Å². The van der Waals surface area contributed by atoms with Gasteiger partial charge in [0.2, 0.25) is 0 Å². The third kappa shape index (κ3) is 4.93. The average Bonchev–Trinajstić information content (AvgIpc) is 2.52. The van der Waals surface area contributed by atoms with Gasteiger partial charge in [-0.1, -0.05) is 20.8 Å². The molecule has 128 valence electrons. The van der Waals surface area contributed by atoms with Crippen LogP contribution in [-0.4, -0.2) is 34.2 Å². The van der Waals surface area contributed by atoms with E-state index in [1.165, 1.54) is 10.5 Å². The SMILES string of the molecule is CC(C)(C)c1ccnc(C(N)CC[C@H]2CCCN(C(=O)O)C2)c1. The second-order valence-electron chi connectivity index (χ2n) is 7.64. The number of amides is 1. The quantitative estimate of drug-likeness (QED) is 0.889. The van der Waals surface area contributed by atoms with Crippen LogP contribution in [0.3, 0.4) is 0 Å². The van der Waals surface area contributed by atoms with E-state index < -0.39 is 6.09 Å². The maximum atomic E-state index is 11.1. The minimum atomic E-state index is -0.807. The van der Waals surface area contributed by atoms with E-state index in [0.29, 0.717) is 19.0 Å². The van der Waals surface area contributed by atoms with Crippen molar-refractivity contribution in [3.8, 4) is 0 Å². The first-order valence-electron chi connectivity index (χ1n) is 8.47. The lowest BCUT2D eigenvalue weighted by molar-refractivity contribution is 0.117. The van der Waals surface area contributed by atoms with E-state index in [-0.39, 0.29) is 11.5 Å². The van der Waals surface area contributed by atoms with Crippen LogP contribution in [0.1, 0.15) is 63.8 Å². The molecule has 2 heterocycles. The number of hydrogen-bond acceptors (Lipinski definition) is 3. The van der Waals surface area contributed by atoms with Crippen molar-refractivity contribution >= 4 is 6.09 Å². The Balaban J connectivity index is 1.92. The number of carboxylic acid groups (broad SMARTS) is 1. The van der Waals surface area contributed by atoms with Gasteiger partial charge in [-0.05, 0) is 54.7 Å². The molecule has 1 aliphatic heterocycles. The van der Waals surface area contributed by atoms with E-state index >= 15 is 0 Å². The van der Waals surface area contributed by atoms with Gasteiger partial charge in [0.15, 0.2) is 0 Å². The van der Waals surface area contributed by atoms with Gasteiger partial charge in [0, 0.05) is 25.3 Å². The number of likely N-dealkylation sites (tertiary alicyclic amines) is 1. The maximum Gasteiger partial charge on any atom is 0.407 e. The lowest BCUT2D eigenvalue weighted by atomic mass is 9.86. The summed E-state index contributed by atoms with van der Waals surface area (Å²) in [6.45, 7) is 7.84. The van der Waals surface area contributed by atoms with Crippen LogP contribution < -0.4 is 5.73 Å². The van der Waals surface area contributed by atoms with Gasteiger partial charge in [0.05, 0.1) is 5.69 Å². The molecule has 5 nitrogen and oxygen atoms in total. The molecular weight excluding hydrogens is 290 g/mol. The van der Waals surface area contributed by atoms with Crippen LogP contribution in [-0.2, 0) is 5.41 Å². The molecular formula is C18H29N3O2. The zero-order valence-electron chi connectivity index (χ0n) is 14.5. The molecule has 0 saturated carbocycles. The fraction of sp³-hybridized carbons (Fsp3) is 0.667. The van der Waals surface area contributed by atoms with Crippen molar-refractivity contribution in [2.45, 2.75) is 57.9 Å². The molecule has 0 radical (unpaired) electrons. The number of nitrogens with two attached hydrogens (primary N) is 1. The summed E-state index contributed by atoms with van der Waals surface area (Å²) in [5.74, 6) is 0.414. The Kier molecular flexibility index (Phi) is 5.63. The first-order valence-corrected chi connectivity index (χ1v) is 8.47. The average molecular weight is 319 g/mol. The number of pyridine rings is 1. The van der Waals surface area contributed by atoms with Gasteiger partial charge in [0.25, 0.3) is 0 Å². The second-order valence-corrected chi connectivity index (χ2v) is 7.64. The highest BCUT2D eigenvalue weighted by Crippen LogP contribution is 2.27. The zero-order valence-corrected chi connectivity index (χ0v) is 14.5. The molecule has 1 aromatic heterocycles. The summed E-state index contributed by atoms with van der Waals surface area (Å²) in [5, 5.41) is 9.11. The third-order valence-electron chi connectivity index (χ3n) is 4.70. The molecule has 1 fully saturated rings. The smallest absolute Gasteiger partial charge is 0.407 e. The molecule has 23 heavy (non-hydrogen) atoms. The highest BCUT2D eigenvalue weighted by atomic mass is 16.4. The van der Waals surface area contributed by atoms with Crippen molar-refractivity contribution < 1.29 is 9.90 Å². The van der Waals surface area contributed by atoms with Crippen LogP contribution in [0.4, 0.5) is 4.79 Å². The number of aromatic nitrogens is 1. The Morgan fingerprint density at radius 3 is 2.91 bits per heavy atom. The Morgan fingerprint density at radius 1 is 1.52 bits per heavy atom. The molecule has 5 heteroatoms. The van der Waals surface area contributed by atoms with Crippen molar-refractivity contribution in [2.24, 2.45) is 11.7 Å². The number of rotatable bonds is 4. The highest BCUT2D eigenvalue weighted by molar-refractivity contribution is 5.65. The van der Waals surface area contributed by atoms with E-state index in [1.54, 1.807) is 0 Å². The summed E-state index contributed by atoms with van der Waals surface area (Å²) in [4.78, 5) is 17.0. The number of carbonyl (C=O) groups is 1. The van der Waals surface area contributed by atoms with Crippen molar-refractivity contribution in [3.05, 3.63) is 29.6 Å². The van der Waals surface area contributed by atoms with Crippen LogP contribution in [0.2, 0.25) is 0 Å². The minimum absolute atomic E-state index is 0.0856. The summed E-state index contributed by atoms with van der Waals surface area (Å²) in [5.41, 5.74) is 8.59. The molecule has 3 N–H and O–H groups in total. The largest absolute Gasteiger partial charge is 0.465 e. The van der Waals surface area contributed by atoms with Gasteiger partial charge in [-0.2, -0.15) is 0 Å². The molecule has 0 bridgehead atoms. The molecule has 0 aliphatic carbocycles. The molecule has 2 atom stereocenters. The first kappa shape index (κ1) is 17.7. The molecule has 1 saturated heterocycles. The fourth-order valence-electron chi connectivity index (χ4n) is 3.16. The molecule has 1 unspecified atom stereocenters. The fourth-order valence-corrected chi connectivity index (χ4v) is 3.16. The summed E-state index contributed by atoms with van der Waals surface area (Å²) < 4.78 is 0. The van der Waals surface area contributed by atoms with Crippen molar-refractivity contribution in [1.82, 2.24) is 9.88 Å². The molecule has 1 aliphatic rings. The second kappa shape index (κ2) is 7.30. The van der Waals surface area contributed by atoms with E-state index in [9.17, 15) is 4.79 Å². The minimum Gasteiger partial charge on any atom is -0.465 e. The van der Waals surface area contributed by atoms with Crippen LogP contribution in [0.15, 0.2) is 18.3 Å². The molecule has 2 rings (SSSR count). The van der Waals surface area contributed by atoms with Crippen LogP contribution in [0, 0.1) is 5.92 Å². The van der Waals surface area contributed by atoms with E-state index in [4.69, 9.17) is 10.8 Å². The predicted molar refractivity (Wildman–Crippen MR) is 91.4 cm³/mol. The molecule has 1 aromatic rings. The Bertz CT molecular complexity index is 539. The van der Waals surface area contributed by atoms with Gasteiger partial charge in [-0.3, -0.25) is 4.98 Å². The van der Waals surface area contributed by atoms with Crippen molar-refractivity contribution in [2.75, 3.05) is 13.1 Å². The lowest BCUT2D eigenvalue weighted by Crippen LogP contribution is -2.39. The Hall–Kier alpha value is -1.62. The number of nitrogens with zero attached hydrogens (tertiary/aromatic N) is 2. The number of hydrogen-bond donors (Lipinski definition) is 2. The monoisotopic (exact) mass is 319 g/mol. The van der Waals surface area contributed by atoms with Gasteiger partial charge >= 0.3 is 6.09 Å². The lowest BCUT2D eigenvalue weighted by Gasteiger charge is -2.31. The normalized spacial score (nSPS) is 20.3. The number of piperidine rings is 1. The molecule has 0 aromatic carbocycles. The van der Waals surface area contributed by atoms with E-state index in [0.717, 1.165) is 31.4 Å². The Morgan fingerprint density at radius 2 is 2.26 bits per heavy atom. The predicted octanol–water partition coefficient (Wildman–Crippen LogP) is 3.55. The summed E-state index contributed by atoms with van der Waals surface area (Å²) in [6, 6.07) is 4.06. The molecule has 1 amide bonds. The van der Waals surface area contributed by atoms with Gasteiger partial charge in [-0.25, -0.2) is 4.79 Å². The van der Waals surface area contributed by atoms with Gasteiger partial charge in [-0.15, -0.1) is 0 Å². The zero-order chi connectivity index (χ0) is 17.0. The Labute approximate surface area is 138 Å². The summed E-state index contributed by atoms with van der Waals surface area (Å²) >= 11 is 0.